The normalized spacial score (nSPS) is 10.5. The number of fused-ring (bicyclic) bond motifs is 1. The molecule has 2 heterocycles. The third-order valence-electron chi connectivity index (χ3n) is 2.04. The van der Waals surface area contributed by atoms with Crippen LogP contribution in [0.2, 0.25) is 5.15 Å². The first-order valence-electron chi connectivity index (χ1n) is 4.26. The number of halogens is 1. The Morgan fingerprint density at radius 3 is 3.13 bits per heavy atom. The molecule has 0 aliphatic carbocycles. The van der Waals surface area contributed by atoms with Gasteiger partial charge in [-0.15, -0.1) is 0 Å². The summed E-state index contributed by atoms with van der Waals surface area (Å²) in [6.07, 6.45) is 1.51. The average molecular weight is 226 g/mol. The van der Waals surface area contributed by atoms with Crippen LogP contribution in [0.1, 0.15) is 5.69 Å². The number of rotatable bonds is 2. The summed E-state index contributed by atoms with van der Waals surface area (Å²) in [5, 5.41) is 4.36. The van der Waals surface area contributed by atoms with Crippen molar-refractivity contribution < 1.29 is 9.53 Å². The lowest BCUT2D eigenvalue weighted by molar-refractivity contribution is -0.139. The number of carbonyl (C=O) groups is 1. The Labute approximate surface area is 90.6 Å². The highest BCUT2D eigenvalue weighted by Gasteiger charge is 2.10. The van der Waals surface area contributed by atoms with Gasteiger partial charge in [-0.2, -0.15) is 5.10 Å². The molecule has 15 heavy (non-hydrogen) atoms. The number of aromatic nitrogens is 3. The van der Waals surface area contributed by atoms with E-state index in [1.807, 2.05) is 0 Å². The molecule has 0 N–H and O–H groups in total. The van der Waals surface area contributed by atoms with Crippen molar-refractivity contribution in [3.8, 4) is 0 Å². The molecule has 0 bridgehead atoms. The van der Waals surface area contributed by atoms with E-state index in [9.17, 15) is 4.79 Å². The number of methoxy groups -OCH3 is 1. The van der Waals surface area contributed by atoms with E-state index in [0.717, 1.165) is 5.69 Å². The minimum Gasteiger partial charge on any atom is -0.469 e. The lowest BCUT2D eigenvalue weighted by atomic mass is 10.3. The van der Waals surface area contributed by atoms with E-state index < -0.39 is 0 Å². The zero-order valence-corrected chi connectivity index (χ0v) is 8.73. The highest BCUT2D eigenvalue weighted by molar-refractivity contribution is 6.32. The second kappa shape index (κ2) is 3.86. The molecule has 0 saturated carbocycles. The lowest BCUT2D eigenvalue weighted by Crippen LogP contribution is -2.08. The molecule has 0 amide bonds. The van der Waals surface area contributed by atoms with Crippen molar-refractivity contribution in [2.75, 3.05) is 7.11 Å². The highest BCUT2D eigenvalue weighted by atomic mass is 35.5. The molecule has 0 radical (unpaired) electrons. The Morgan fingerprint density at radius 1 is 1.60 bits per heavy atom. The number of ether oxygens (including phenoxy) is 1. The maximum absolute atomic E-state index is 11.1. The van der Waals surface area contributed by atoms with Crippen molar-refractivity contribution in [1.82, 2.24) is 14.6 Å². The first-order valence-corrected chi connectivity index (χ1v) is 4.64. The van der Waals surface area contributed by atoms with Gasteiger partial charge in [0.2, 0.25) is 0 Å². The summed E-state index contributed by atoms with van der Waals surface area (Å²) in [6, 6.07) is 3.54. The third-order valence-corrected chi connectivity index (χ3v) is 2.33. The number of hydrogen-bond acceptors (Lipinski definition) is 4. The zero-order chi connectivity index (χ0) is 10.8. The molecule has 2 aromatic heterocycles. The number of nitrogens with zero attached hydrogens (tertiary/aromatic N) is 3. The Kier molecular flexibility index (Phi) is 2.55. The maximum atomic E-state index is 11.1. The van der Waals surface area contributed by atoms with Gasteiger partial charge in [-0.1, -0.05) is 11.6 Å². The van der Waals surface area contributed by atoms with Crippen LogP contribution in [0.25, 0.3) is 5.52 Å². The summed E-state index contributed by atoms with van der Waals surface area (Å²) in [5.41, 5.74) is 1.40. The smallest absolute Gasteiger partial charge is 0.311 e. The van der Waals surface area contributed by atoms with Crippen LogP contribution in [0.15, 0.2) is 18.5 Å². The minimum absolute atomic E-state index is 0.165. The lowest BCUT2D eigenvalue weighted by Gasteiger charge is -2.00. The Hall–Kier alpha value is -1.62. The molecule has 0 atom stereocenters. The van der Waals surface area contributed by atoms with Crippen molar-refractivity contribution in [1.29, 1.82) is 0 Å². The fraction of sp³-hybridized carbons (Fsp3) is 0.222. The van der Waals surface area contributed by atoms with E-state index in [2.05, 4.69) is 14.8 Å². The summed E-state index contributed by atoms with van der Waals surface area (Å²) < 4.78 is 6.15. The van der Waals surface area contributed by atoms with Gasteiger partial charge in [0.15, 0.2) is 5.15 Å². The molecule has 2 aromatic rings. The van der Waals surface area contributed by atoms with E-state index in [0.29, 0.717) is 10.7 Å². The van der Waals surface area contributed by atoms with E-state index in [1.165, 1.54) is 13.4 Å². The molecule has 0 unspecified atom stereocenters. The summed E-state index contributed by atoms with van der Waals surface area (Å²) in [4.78, 5) is 14.9. The van der Waals surface area contributed by atoms with Gasteiger partial charge in [0.05, 0.1) is 19.2 Å². The number of hydrogen-bond donors (Lipinski definition) is 0. The zero-order valence-electron chi connectivity index (χ0n) is 7.98. The van der Waals surface area contributed by atoms with Gasteiger partial charge in [0.1, 0.15) is 11.8 Å². The standard InChI is InChI=1S/C9H8ClN3O2/c1-15-8(14)4-6-2-3-7-9(10)11-5-12-13(6)7/h2-3,5H,4H2,1H3. The Morgan fingerprint density at radius 2 is 2.40 bits per heavy atom. The first kappa shape index (κ1) is 9.92. The molecule has 6 heteroatoms. The largest absolute Gasteiger partial charge is 0.469 e. The predicted molar refractivity (Wildman–Crippen MR) is 53.7 cm³/mol. The molecular weight excluding hydrogens is 218 g/mol. The second-order valence-electron chi connectivity index (χ2n) is 2.93. The third kappa shape index (κ3) is 1.78. The van der Waals surface area contributed by atoms with Gasteiger partial charge in [-0.25, -0.2) is 9.50 Å². The highest BCUT2D eigenvalue weighted by Crippen LogP contribution is 2.16. The number of esters is 1. The fourth-order valence-electron chi connectivity index (χ4n) is 1.31. The van der Waals surface area contributed by atoms with Gasteiger partial charge < -0.3 is 4.74 Å². The van der Waals surface area contributed by atoms with E-state index >= 15 is 0 Å². The average Bonchev–Trinajstić information content (AvgIpc) is 2.63. The maximum Gasteiger partial charge on any atom is 0.311 e. The number of carbonyl (C=O) groups excluding carboxylic acids is 1. The van der Waals surface area contributed by atoms with Crippen LogP contribution in [0.5, 0.6) is 0 Å². The molecule has 78 valence electrons. The molecule has 0 aliphatic heterocycles. The van der Waals surface area contributed by atoms with Gasteiger partial charge in [-0.05, 0) is 12.1 Å². The van der Waals surface area contributed by atoms with Gasteiger partial charge in [0, 0.05) is 0 Å². The van der Waals surface area contributed by atoms with Crippen molar-refractivity contribution >= 4 is 23.1 Å². The van der Waals surface area contributed by atoms with Gasteiger partial charge in [-0.3, -0.25) is 4.79 Å². The van der Waals surface area contributed by atoms with Crippen molar-refractivity contribution in [3.63, 3.8) is 0 Å². The summed E-state index contributed by atoms with van der Waals surface area (Å²) in [5.74, 6) is -0.315. The molecule has 0 aliphatic rings. The molecule has 0 aromatic carbocycles. The molecule has 0 fully saturated rings. The Balaban J connectivity index is 2.45. The SMILES string of the molecule is COC(=O)Cc1ccc2c(Cl)ncnn12. The van der Waals surface area contributed by atoms with Crippen molar-refractivity contribution in [2.24, 2.45) is 0 Å². The van der Waals surface area contributed by atoms with Gasteiger partial charge in [0.25, 0.3) is 0 Å². The molecule has 2 rings (SSSR count). The van der Waals surface area contributed by atoms with Crippen LogP contribution in [0.3, 0.4) is 0 Å². The molecule has 5 nitrogen and oxygen atoms in total. The van der Waals surface area contributed by atoms with Gasteiger partial charge >= 0.3 is 5.97 Å². The minimum atomic E-state index is -0.315. The second-order valence-corrected chi connectivity index (χ2v) is 3.28. The van der Waals surface area contributed by atoms with E-state index in [4.69, 9.17) is 11.6 Å². The van der Waals surface area contributed by atoms with E-state index in [-0.39, 0.29) is 12.4 Å². The monoisotopic (exact) mass is 225 g/mol. The Bertz CT molecular complexity index is 509. The van der Waals surface area contributed by atoms with Crippen LogP contribution in [-0.4, -0.2) is 27.7 Å². The van der Waals surface area contributed by atoms with Crippen LogP contribution in [0.4, 0.5) is 0 Å². The van der Waals surface area contributed by atoms with Crippen LogP contribution in [-0.2, 0) is 16.0 Å². The predicted octanol–water partition coefficient (Wildman–Crippen LogP) is 1.10. The van der Waals surface area contributed by atoms with Crippen molar-refractivity contribution in [2.45, 2.75) is 6.42 Å². The van der Waals surface area contributed by atoms with Crippen LogP contribution >= 0.6 is 11.6 Å². The van der Waals surface area contributed by atoms with Crippen LogP contribution < -0.4 is 0 Å². The molecular formula is C9H8ClN3O2. The molecule has 0 saturated heterocycles. The quantitative estimate of drug-likeness (QED) is 0.719. The van der Waals surface area contributed by atoms with Crippen molar-refractivity contribution in [3.05, 3.63) is 29.3 Å². The first-order chi connectivity index (χ1) is 7.22. The summed E-state index contributed by atoms with van der Waals surface area (Å²) >= 11 is 5.85. The fourth-order valence-corrected chi connectivity index (χ4v) is 1.50. The molecule has 0 spiro atoms. The summed E-state index contributed by atoms with van der Waals surface area (Å²) in [7, 11) is 1.35. The van der Waals surface area contributed by atoms with E-state index in [1.54, 1.807) is 16.6 Å². The summed E-state index contributed by atoms with van der Waals surface area (Å²) in [6.45, 7) is 0. The van der Waals surface area contributed by atoms with Crippen LogP contribution in [0, 0.1) is 0 Å². The topological polar surface area (TPSA) is 56.5 Å².